The number of carboxylic acids is 1. The molecule has 0 fully saturated rings. The third kappa shape index (κ3) is 2.12. The van der Waals surface area contributed by atoms with E-state index in [-0.39, 0.29) is 5.39 Å². The second-order valence-electron chi connectivity index (χ2n) is 5.53. The Labute approximate surface area is 133 Å². The van der Waals surface area contributed by atoms with Crippen molar-refractivity contribution in [2.75, 3.05) is 0 Å². The minimum absolute atomic E-state index is 0.261. The number of H-pyrrole nitrogens is 1. The van der Waals surface area contributed by atoms with Crippen LogP contribution in [0.2, 0.25) is 0 Å². The largest absolute Gasteiger partial charge is 0.480 e. The van der Waals surface area contributed by atoms with Crippen LogP contribution in [-0.2, 0) is 10.3 Å². The Morgan fingerprint density at radius 2 is 2.13 bits per heavy atom. The van der Waals surface area contributed by atoms with E-state index in [2.05, 4.69) is 9.97 Å². The number of aliphatic carboxylic acids is 1. The summed E-state index contributed by atoms with van der Waals surface area (Å²) in [5.41, 5.74) is -2.50. The summed E-state index contributed by atoms with van der Waals surface area (Å²) in [5, 5.41) is 9.57. The smallest absolute Gasteiger partial charge is 0.330 e. The predicted octanol–water partition coefficient (Wildman–Crippen LogP) is 1.53. The Morgan fingerprint density at radius 1 is 1.43 bits per heavy atom. The molecule has 0 saturated carbocycles. The first kappa shape index (κ1) is 15.2. The van der Waals surface area contributed by atoms with Crippen LogP contribution in [0.25, 0.3) is 21.0 Å². The van der Waals surface area contributed by atoms with Gasteiger partial charge in [-0.1, -0.05) is 0 Å². The van der Waals surface area contributed by atoms with Crippen molar-refractivity contribution >= 4 is 27.5 Å². The third-order valence-corrected chi connectivity index (χ3v) is 4.89. The highest BCUT2D eigenvalue weighted by Crippen LogP contribution is 2.34. The number of carbonyl (C=O) groups is 1. The maximum atomic E-state index is 12.7. The number of rotatable bonds is 3. The molecule has 0 aromatic carbocycles. The van der Waals surface area contributed by atoms with Gasteiger partial charge in [0.1, 0.15) is 16.6 Å². The zero-order valence-electron chi connectivity index (χ0n) is 12.5. The van der Waals surface area contributed by atoms with E-state index < -0.39 is 22.8 Å². The van der Waals surface area contributed by atoms with E-state index in [0.29, 0.717) is 21.2 Å². The molecule has 3 rings (SSSR count). The van der Waals surface area contributed by atoms with Crippen LogP contribution in [0.3, 0.4) is 0 Å². The number of aromatic nitrogens is 3. The van der Waals surface area contributed by atoms with E-state index in [1.165, 1.54) is 37.6 Å². The predicted molar refractivity (Wildman–Crippen MR) is 83.9 cm³/mol. The molecule has 0 atom stereocenters. The summed E-state index contributed by atoms with van der Waals surface area (Å²) < 4.78 is 5.96. The lowest BCUT2D eigenvalue weighted by Crippen LogP contribution is -2.50. The number of hydrogen-bond donors (Lipinski definition) is 2. The Balaban J connectivity index is 2.41. The normalized spacial score (nSPS) is 12.0. The van der Waals surface area contributed by atoms with Crippen LogP contribution < -0.4 is 11.2 Å². The van der Waals surface area contributed by atoms with Crippen molar-refractivity contribution in [2.45, 2.75) is 26.3 Å². The number of aryl methyl sites for hydroxylation is 1. The Kier molecular flexibility index (Phi) is 3.25. The number of aromatic amines is 1. The average Bonchev–Trinajstić information content (AvgIpc) is 3.06. The fourth-order valence-electron chi connectivity index (χ4n) is 2.36. The molecule has 0 aliphatic rings. The van der Waals surface area contributed by atoms with E-state index in [4.69, 9.17) is 4.42 Å². The number of fused-ring (bicyclic) bond motifs is 1. The number of thiophene rings is 1. The maximum absolute atomic E-state index is 12.7. The number of nitrogens with zero attached hydrogens (tertiary/aromatic N) is 2. The Bertz CT molecular complexity index is 1020. The molecule has 3 heterocycles. The zero-order valence-corrected chi connectivity index (χ0v) is 13.4. The van der Waals surface area contributed by atoms with Crippen LogP contribution in [0, 0.1) is 6.92 Å². The molecule has 23 heavy (non-hydrogen) atoms. The van der Waals surface area contributed by atoms with Crippen molar-refractivity contribution in [3.05, 3.63) is 38.9 Å². The van der Waals surface area contributed by atoms with Gasteiger partial charge in [-0.15, -0.1) is 11.3 Å². The van der Waals surface area contributed by atoms with Crippen LogP contribution in [-0.4, -0.2) is 25.6 Å². The third-order valence-electron chi connectivity index (χ3n) is 3.70. The van der Waals surface area contributed by atoms with Gasteiger partial charge in [-0.3, -0.25) is 9.78 Å². The van der Waals surface area contributed by atoms with Gasteiger partial charge in [0.2, 0.25) is 5.89 Å². The van der Waals surface area contributed by atoms with Crippen molar-refractivity contribution in [2.24, 2.45) is 0 Å². The highest BCUT2D eigenvalue weighted by atomic mass is 32.1. The standard InChI is InChI=1S/C14H13N3O5S/c1-6-7-10(23-8(6)9-15-4-5-22-9)16-13(21)17(11(7)18)14(2,3)12(19)20/h4-5H,1-3H3,(H,16,21)(H,19,20). The van der Waals surface area contributed by atoms with Gasteiger partial charge >= 0.3 is 11.7 Å². The molecule has 0 amide bonds. The molecule has 0 aliphatic carbocycles. The van der Waals surface area contributed by atoms with Gasteiger partial charge in [0.05, 0.1) is 16.5 Å². The van der Waals surface area contributed by atoms with Crippen LogP contribution in [0.15, 0.2) is 26.5 Å². The summed E-state index contributed by atoms with van der Waals surface area (Å²) in [6.45, 7) is 4.30. The van der Waals surface area contributed by atoms with Crippen LogP contribution >= 0.6 is 11.3 Å². The summed E-state index contributed by atoms with van der Waals surface area (Å²) >= 11 is 1.17. The molecule has 0 radical (unpaired) electrons. The van der Waals surface area contributed by atoms with Crippen molar-refractivity contribution < 1.29 is 14.3 Å². The summed E-state index contributed by atoms with van der Waals surface area (Å²) in [6, 6.07) is 0. The first-order chi connectivity index (χ1) is 10.7. The monoisotopic (exact) mass is 335 g/mol. The molecule has 3 aromatic rings. The van der Waals surface area contributed by atoms with E-state index in [1.54, 1.807) is 6.92 Å². The van der Waals surface area contributed by atoms with Crippen molar-refractivity contribution in [1.82, 2.24) is 14.5 Å². The van der Waals surface area contributed by atoms with E-state index in [0.717, 1.165) is 4.57 Å². The van der Waals surface area contributed by atoms with Gasteiger partial charge < -0.3 is 9.52 Å². The van der Waals surface area contributed by atoms with Gasteiger partial charge in [0, 0.05) is 0 Å². The molecule has 9 heteroatoms. The summed E-state index contributed by atoms with van der Waals surface area (Å²) in [7, 11) is 0. The van der Waals surface area contributed by atoms with E-state index in [9.17, 15) is 19.5 Å². The fraction of sp³-hybridized carbons (Fsp3) is 0.286. The molecule has 120 valence electrons. The Hall–Kier alpha value is -2.68. The minimum atomic E-state index is -1.67. The molecule has 0 aliphatic heterocycles. The number of nitrogens with one attached hydrogen (secondary N) is 1. The van der Waals surface area contributed by atoms with Crippen LogP contribution in [0.4, 0.5) is 0 Å². The first-order valence-electron chi connectivity index (χ1n) is 6.67. The topological polar surface area (TPSA) is 118 Å². The van der Waals surface area contributed by atoms with Gasteiger partial charge in [0.15, 0.2) is 0 Å². The van der Waals surface area contributed by atoms with Crippen molar-refractivity contribution in [3.63, 3.8) is 0 Å². The lowest BCUT2D eigenvalue weighted by atomic mass is 10.1. The zero-order chi connectivity index (χ0) is 16.9. The summed E-state index contributed by atoms with van der Waals surface area (Å²) in [6.07, 6.45) is 2.89. The summed E-state index contributed by atoms with van der Waals surface area (Å²) in [5.74, 6) is -0.932. The number of carboxylic acid groups (broad SMARTS) is 1. The molecular weight excluding hydrogens is 322 g/mol. The molecule has 3 aromatic heterocycles. The minimum Gasteiger partial charge on any atom is -0.480 e. The molecular formula is C14H13N3O5S. The Morgan fingerprint density at radius 3 is 2.70 bits per heavy atom. The van der Waals surface area contributed by atoms with Gasteiger partial charge in [0.25, 0.3) is 5.56 Å². The molecule has 0 saturated heterocycles. The van der Waals surface area contributed by atoms with Crippen LogP contribution in [0.5, 0.6) is 0 Å². The van der Waals surface area contributed by atoms with E-state index >= 15 is 0 Å². The second kappa shape index (κ2) is 4.92. The maximum Gasteiger partial charge on any atom is 0.330 e. The SMILES string of the molecule is Cc1c(-c2ncco2)sc2[nH]c(=O)n(C(C)(C)C(=O)O)c(=O)c12. The van der Waals surface area contributed by atoms with E-state index in [1.807, 2.05) is 0 Å². The number of oxazole rings is 1. The van der Waals surface area contributed by atoms with Gasteiger partial charge in [-0.2, -0.15) is 0 Å². The lowest BCUT2D eigenvalue weighted by molar-refractivity contribution is -0.146. The number of hydrogen-bond acceptors (Lipinski definition) is 6. The quantitative estimate of drug-likeness (QED) is 0.749. The molecule has 0 unspecified atom stereocenters. The van der Waals surface area contributed by atoms with Gasteiger partial charge in [-0.25, -0.2) is 19.1 Å². The fourth-order valence-corrected chi connectivity index (χ4v) is 3.49. The highest BCUT2D eigenvalue weighted by molar-refractivity contribution is 7.22. The van der Waals surface area contributed by atoms with Crippen molar-refractivity contribution in [1.29, 1.82) is 0 Å². The average molecular weight is 335 g/mol. The summed E-state index contributed by atoms with van der Waals surface area (Å²) in [4.78, 5) is 44.0. The molecule has 8 nitrogen and oxygen atoms in total. The molecule has 0 spiro atoms. The van der Waals surface area contributed by atoms with Crippen molar-refractivity contribution in [3.8, 4) is 10.8 Å². The highest BCUT2D eigenvalue weighted by Gasteiger charge is 2.34. The molecule has 2 N–H and O–H groups in total. The molecule has 0 bridgehead atoms. The van der Waals surface area contributed by atoms with Gasteiger partial charge in [-0.05, 0) is 26.3 Å². The second-order valence-corrected chi connectivity index (χ2v) is 6.55. The first-order valence-corrected chi connectivity index (χ1v) is 7.49. The lowest BCUT2D eigenvalue weighted by Gasteiger charge is -2.21. The van der Waals surface area contributed by atoms with Crippen LogP contribution in [0.1, 0.15) is 19.4 Å².